The molecule has 3 aromatic carbocycles. The van der Waals surface area contributed by atoms with E-state index in [1.165, 1.54) is 4.90 Å². The lowest BCUT2D eigenvalue weighted by Crippen LogP contribution is -2.48. The van der Waals surface area contributed by atoms with Gasteiger partial charge >= 0.3 is 0 Å². The number of carbonyl (C=O) groups excluding carboxylic acids is 3. The van der Waals surface area contributed by atoms with Gasteiger partial charge in [-0.15, -0.1) is 0 Å². The van der Waals surface area contributed by atoms with Crippen LogP contribution >= 0.6 is 15.9 Å². The molecule has 4 atom stereocenters. The van der Waals surface area contributed by atoms with Crippen molar-refractivity contribution in [2.24, 2.45) is 11.8 Å². The number of para-hydroxylation sites is 1. The van der Waals surface area contributed by atoms with Gasteiger partial charge in [0.05, 0.1) is 30.7 Å². The number of carbonyl (C=O) groups is 3. The minimum absolute atomic E-state index is 0.169. The number of anilines is 2. The van der Waals surface area contributed by atoms with Crippen molar-refractivity contribution < 1.29 is 19.1 Å². The first kappa shape index (κ1) is 21.8. The first-order valence-electron chi connectivity index (χ1n) is 11.4. The maximum atomic E-state index is 14.0. The monoisotopic (exact) mass is 528 g/mol. The summed E-state index contributed by atoms with van der Waals surface area (Å²) >= 11 is 3.42. The Morgan fingerprint density at radius 1 is 0.886 bits per heavy atom. The zero-order valence-corrected chi connectivity index (χ0v) is 20.4. The van der Waals surface area contributed by atoms with Crippen LogP contribution in [-0.4, -0.2) is 36.8 Å². The largest absolute Gasteiger partial charge is 0.497 e. The van der Waals surface area contributed by atoms with Crippen molar-refractivity contribution in [3.05, 3.63) is 94.5 Å². The van der Waals surface area contributed by atoms with Gasteiger partial charge in [-0.25, -0.2) is 4.90 Å². The van der Waals surface area contributed by atoms with Crippen LogP contribution in [0.3, 0.4) is 0 Å². The predicted molar refractivity (Wildman–Crippen MR) is 136 cm³/mol. The second kappa shape index (κ2) is 8.20. The Balaban J connectivity index is 1.47. The summed E-state index contributed by atoms with van der Waals surface area (Å²) in [4.78, 5) is 44.8. The molecular weight excluding hydrogens is 508 g/mol. The van der Waals surface area contributed by atoms with E-state index < -0.39 is 17.9 Å². The SMILES string of the molecule is COc1ccc(N2C(=O)[C@@H]3[C@@H](C2=O)[C@@H](C(=O)c2ccc(Br)cc2)N2c4ccccc4C=C[C@H]32)cc1. The van der Waals surface area contributed by atoms with Gasteiger partial charge in [0.15, 0.2) is 5.78 Å². The summed E-state index contributed by atoms with van der Waals surface area (Å²) in [6, 6.07) is 20.6. The highest BCUT2D eigenvalue weighted by atomic mass is 79.9. The van der Waals surface area contributed by atoms with Crippen molar-refractivity contribution in [3.8, 4) is 5.75 Å². The molecule has 0 saturated carbocycles. The molecule has 7 heteroatoms. The number of amides is 2. The van der Waals surface area contributed by atoms with Crippen LogP contribution < -0.4 is 14.5 Å². The van der Waals surface area contributed by atoms with E-state index >= 15 is 0 Å². The summed E-state index contributed by atoms with van der Waals surface area (Å²) in [5.41, 5.74) is 2.82. The van der Waals surface area contributed by atoms with Crippen molar-refractivity contribution >= 4 is 51.0 Å². The molecule has 0 spiro atoms. The Hall–Kier alpha value is -3.71. The van der Waals surface area contributed by atoms with E-state index in [1.54, 1.807) is 43.5 Å². The molecule has 3 heterocycles. The van der Waals surface area contributed by atoms with Gasteiger partial charge in [-0.3, -0.25) is 14.4 Å². The van der Waals surface area contributed by atoms with Gasteiger partial charge in [-0.05, 0) is 48.0 Å². The fraction of sp³-hybridized carbons (Fsp3) is 0.179. The molecule has 0 radical (unpaired) electrons. The first-order chi connectivity index (χ1) is 17.0. The Morgan fingerprint density at radius 2 is 1.57 bits per heavy atom. The van der Waals surface area contributed by atoms with Gasteiger partial charge in [-0.1, -0.05) is 58.4 Å². The summed E-state index contributed by atoms with van der Waals surface area (Å²) < 4.78 is 6.08. The topological polar surface area (TPSA) is 66.9 Å². The number of hydrogen-bond donors (Lipinski definition) is 0. The van der Waals surface area contributed by atoms with Crippen molar-refractivity contribution in [1.29, 1.82) is 0 Å². The van der Waals surface area contributed by atoms with Crippen LogP contribution in [0.15, 0.2) is 83.3 Å². The van der Waals surface area contributed by atoms with Gasteiger partial charge in [0.1, 0.15) is 11.8 Å². The molecule has 2 saturated heterocycles. The maximum Gasteiger partial charge on any atom is 0.240 e. The zero-order chi connectivity index (χ0) is 24.3. The van der Waals surface area contributed by atoms with Gasteiger partial charge in [0.2, 0.25) is 11.8 Å². The van der Waals surface area contributed by atoms with Gasteiger partial charge in [-0.2, -0.15) is 0 Å². The second-order valence-corrected chi connectivity index (χ2v) is 9.81. The van der Waals surface area contributed by atoms with E-state index in [4.69, 9.17) is 4.74 Å². The molecule has 0 aliphatic carbocycles. The fourth-order valence-corrected chi connectivity index (χ4v) is 5.85. The average molecular weight is 529 g/mol. The molecule has 6 rings (SSSR count). The number of ketones is 1. The molecule has 35 heavy (non-hydrogen) atoms. The Bertz CT molecular complexity index is 1380. The van der Waals surface area contributed by atoms with Crippen molar-refractivity contribution in [3.63, 3.8) is 0 Å². The zero-order valence-electron chi connectivity index (χ0n) is 18.8. The maximum absolute atomic E-state index is 14.0. The van der Waals surface area contributed by atoms with Crippen LogP contribution in [0.1, 0.15) is 15.9 Å². The molecule has 174 valence electrons. The number of methoxy groups -OCH3 is 1. The number of halogens is 1. The molecule has 3 aliphatic rings. The molecule has 2 amide bonds. The van der Waals surface area contributed by atoms with Crippen LogP contribution in [0.5, 0.6) is 5.75 Å². The van der Waals surface area contributed by atoms with E-state index in [0.717, 1.165) is 15.7 Å². The number of fused-ring (bicyclic) bond motifs is 5. The van der Waals surface area contributed by atoms with Crippen LogP contribution in [0.25, 0.3) is 6.08 Å². The smallest absolute Gasteiger partial charge is 0.240 e. The van der Waals surface area contributed by atoms with E-state index in [-0.39, 0.29) is 23.6 Å². The van der Waals surface area contributed by atoms with E-state index in [2.05, 4.69) is 15.9 Å². The fourth-order valence-electron chi connectivity index (χ4n) is 5.58. The molecule has 6 nitrogen and oxygen atoms in total. The molecule has 2 fully saturated rings. The lowest BCUT2D eigenvalue weighted by atomic mass is 9.86. The van der Waals surface area contributed by atoms with Crippen molar-refractivity contribution in [2.75, 3.05) is 16.9 Å². The molecule has 3 aliphatic heterocycles. The van der Waals surface area contributed by atoms with Gasteiger partial charge in [0, 0.05) is 15.7 Å². The highest BCUT2D eigenvalue weighted by Gasteiger charge is 2.64. The number of Topliss-reactive ketones (excluding diaryl/α,β-unsaturated/α-hetero) is 1. The Labute approximate surface area is 210 Å². The molecular formula is C28H21BrN2O4. The summed E-state index contributed by atoms with van der Waals surface area (Å²) in [7, 11) is 1.56. The van der Waals surface area contributed by atoms with E-state index in [9.17, 15) is 14.4 Å². The van der Waals surface area contributed by atoms with E-state index in [0.29, 0.717) is 17.0 Å². The molecule has 0 aromatic heterocycles. The lowest BCUT2D eigenvalue weighted by molar-refractivity contribution is -0.122. The number of ether oxygens (including phenoxy) is 1. The summed E-state index contributed by atoms with van der Waals surface area (Å²) in [6.07, 6.45) is 3.94. The number of benzene rings is 3. The van der Waals surface area contributed by atoms with E-state index in [1.807, 2.05) is 53.5 Å². The summed E-state index contributed by atoms with van der Waals surface area (Å²) in [5, 5.41) is 0. The van der Waals surface area contributed by atoms with Crippen LogP contribution in [0.4, 0.5) is 11.4 Å². The average Bonchev–Trinajstić information content (AvgIpc) is 3.37. The molecule has 0 N–H and O–H groups in total. The number of rotatable bonds is 4. The summed E-state index contributed by atoms with van der Waals surface area (Å²) in [5.74, 6) is -1.61. The third-order valence-corrected chi connectivity index (χ3v) is 7.67. The normalized spacial score (nSPS) is 24.3. The third-order valence-electron chi connectivity index (χ3n) is 7.14. The predicted octanol–water partition coefficient (Wildman–Crippen LogP) is 4.73. The van der Waals surface area contributed by atoms with Gasteiger partial charge < -0.3 is 9.64 Å². The van der Waals surface area contributed by atoms with Crippen molar-refractivity contribution in [1.82, 2.24) is 0 Å². The molecule has 0 unspecified atom stereocenters. The number of imide groups is 1. The first-order valence-corrected chi connectivity index (χ1v) is 12.2. The minimum atomic E-state index is -0.794. The second-order valence-electron chi connectivity index (χ2n) is 8.89. The lowest BCUT2D eigenvalue weighted by Gasteiger charge is -2.36. The molecule has 3 aromatic rings. The highest BCUT2D eigenvalue weighted by molar-refractivity contribution is 9.10. The summed E-state index contributed by atoms with van der Waals surface area (Å²) in [6.45, 7) is 0. The van der Waals surface area contributed by atoms with Gasteiger partial charge in [0.25, 0.3) is 0 Å². The third kappa shape index (κ3) is 3.26. The standard InChI is InChI=1S/C28H21BrN2O4/c1-35-20-13-11-19(12-14-20)30-27(33)23-22-15-8-16-4-2-3-5-21(16)31(22)25(24(23)28(30)34)26(32)17-6-9-18(29)10-7-17/h2-15,22-25H,1H3/t22-,23+,24-,25+/m1/s1. The number of hydrogen-bond acceptors (Lipinski definition) is 5. The number of nitrogens with zero attached hydrogens (tertiary/aromatic N) is 2. The van der Waals surface area contributed by atoms with Crippen LogP contribution in [0, 0.1) is 11.8 Å². The quantitative estimate of drug-likeness (QED) is 0.361. The van der Waals surface area contributed by atoms with Crippen LogP contribution in [0.2, 0.25) is 0 Å². The highest BCUT2D eigenvalue weighted by Crippen LogP contribution is 2.49. The minimum Gasteiger partial charge on any atom is -0.497 e. The van der Waals surface area contributed by atoms with Crippen LogP contribution in [-0.2, 0) is 9.59 Å². The molecule has 0 bridgehead atoms. The van der Waals surface area contributed by atoms with Crippen molar-refractivity contribution in [2.45, 2.75) is 12.1 Å². The Morgan fingerprint density at radius 3 is 2.29 bits per heavy atom. The Kier molecular flexibility index (Phi) is 5.11.